The molecule has 194 valence electrons. The van der Waals surface area contributed by atoms with Crippen LogP contribution in [0.4, 0.5) is 0 Å². The van der Waals surface area contributed by atoms with Crippen molar-refractivity contribution >= 4 is 46.6 Å². The second kappa shape index (κ2) is 11.6. The standard InChI is InChI=1S/C27H26Cl2N2O5S/c1-15(2)36-21-8-6-5-7-19(21)24-23(26(33)35-12-11-34-4)16(3)30-27-31(24)25(32)22(37-27)13-17-9-10-18(28)14-20(17)29/h5-10,13-15,24H,11-12H2,1-4H3/b22-13+/t24-/m1/s1. The van der Waals surface area contributed by atoms with Crippen LogP contribution < -0.4 is 19.6 Å². The van der Waals surface area contributed by atoms with Gasteiger partial charge < -0.3 is 14.2 Å². The molecule has 0 N–H and O–H groups in total. The fraction of sp³-hybridized carbons (Fsp3) is 0.296. The molecule has 3 aromatic rings. The van der Waals surface area contributed by atoms with E-state index in [1.165, 1.54) is 23.0 Å². The van der Waals surface area contributed by atoms with Gasteiger partial charge in [0.2, 0.25) is 0 Å². The molecule has 0 saturated heterocycles. The van der Waals surface area contributed by atoms with E-state index in [9.17, 15) is 9.59 Å². The van der Waals surface area contributed by atoms with E-state index in [1.54, 1.807) is 31.2 Å². The van der Waals surface area contributed by atoms with Crippen LogP contribution in [0.2, 0.25) is 10.0 Å². The maximum absolute atomic E-state index is 13.8. The molecule has 0 aliphatic carbocycles. The molecule has 1 atom stereocenters. The minimum atomic E-state index is -0.802. The highest BCUT2D eigenvalue weighted by atomic mass is 35.5. The Kier molecular flexibility index (Phi) is 8.54. The van der Waals surface area contributed by atoms with Crippen LogP contribution >= 0.6 is 34.5 Å². The van der Waals surface area contributed by atoms with Crippen molar-refractivity contribution in [2.75, 3.05) is 20.3 Å². The van der Waals surface area contributed by atoms with Gasteiger partial charge in [-0.15, -0.1) is 0 Å². The van der Waals surface area contributed by atoms with Crippen molar-refractivity contribution in [1.29, 1.82) is 0 Å². The van der Waals surface area contributed by atoms with Gasteiger partial charge in [-0.2, -0.15) is 0 Å². The van der Waals surface area contributed by atoms with E-state index in [4.69, 9.17) is 37.4 Å². The largest absolute Gasteiger partial charge is 0.491 e. The number of carbonyl (C=O) groups excluding carboxylic acids is 1. The Bertz CT molecular complexity index is 1540. The van der Waals surface area contributed by atoms with Crippen LogP contribution in [-0.2, 0) is 14.3 Å². The number of ether oxygens (including phenoxy) is 3. The van der Waals surface area contributed by atoms with Gasteiger partial charge in [-0.25, -0.2) is 9.79 Å². The quantitative estimate of drug-likeness (QED) is 0.299. The molecule has 2 heterocycles. The van der Waals surface area contributed by atoms with E-state index >= 15 is 0 Å². The predicted molar refractivity (Wildman–Crippen MR) is 145 cm³/mol. The zero-order chi connectivity index (χ0) is 26.7. The molecule has 4 rings (SSSR count). The van der Waals surface area contributed by atoms with Crippen LogP contribution in [0, 0.1) is 0 Å². The summed E-state index contributed by atoms with van der Waals surface area (Å²) in [5.74, 6) is -0.00704. The van der Waals surface area contributed by atoms with E-state index in [0.29, 0.717) is 42.0 Å². The summed E-state index contributed by atoms with van der Waals surface area (Å²) in [5.41, 5.74) is 1.71. The Morgan fingerprint density at radius 1 is 1.19 bits per heavy atom. The Labute approximate surface area is 228 Å². The van der Waals surface area contributed by atoms with Crippen molar-refractivity contribution in [2.24, 2.45) is 4.99 Å². The summed E-state index contributed by atoms with van der Waals surface area (Å²) in [5, 5.41) is 0.918. The minimum absolute atomic E-state index is 0.0719. The Morgan fingerprint density at radius 3 is 2.65 bits per heavy atom. The van der Waals surface area contributed by atoms with E-state index < -0.39 is 12.0 Å². The molecule has 0 radical (unpaired) electrons. The molecule has 10 heteroatoms. The van der Waals surface area contributed by atoms with Gasteiger partial charge in [-0.1, -0.05) is 58.8 Å². The molecule has 0 saturated carbocycles. The van der Waals surface area contributed by atoms with Crippen molar-refractivity contribution in [3.05, 3.63) is 94.6 Å². The van der Waals surface area contributed by atoms with Crippen molar-refractivity contribution < 1.29 is 19.0 Å². The van der Waals surface area contributed by atoms with Crippen LogP contribution in [0.25, 0.3) is 6.08 Å². The van der Waals surface area contributed by atoms with Crippen molar-refractivity contribution in [3.8, 4) is 5.75 Å². The lowest BCUT2D eigenvalue weighted by molar-refractivity contribution is -0.140. The Hall–Kier alpha value is -2.91. The van der Waals surface area contributed by atoms with Crippen LogP contribution in [0.5, 0.6) is 5.75 Å². The normalized spacial score (nSPS) is 15.5. The first-order valence-electron chi connectivity index (χ1n) is 11.6. The topological polar surface area (TPSA) is 79.1 Å². The number of methoxy groups -OCH3 is 1. The predicted octanol–water partition coefficient (Wildman–Crippen LogP) is 4.52. The number of carbonyl (C=O) groups is 1. The van der Waals surface area contributed by atoms with E-state index in [-0.39, 0.29) is 30.5 Å². The monoisotopic (exact) mass is 560 g/mol. The number of allylic oxidation sites excluding steroid dienone is 1. The number of nitrogens with zero attached hydrogens (tertiary/aromatic N) is 2. The molecule has 1 aromatic heterocycles. The Morgan fingerprint density at radius 2 is 1.95 bits per heavy atom. The number of esters is 1. The number of aromatic nitrogens is 1. The highest BCUT2D eigenvalue weighted by Crippen LogP contribution is 2.36. The summed E-state index contributed by atoms with van der Waals surface area (Å²) in [4.78, 5) is 32.2. The van der Waals surface area contributed by atoms with Gasteiger partial charge in [0.1, 0.15) is 18.4 Å². The SMILES string of the molecule is COCCOC(=O)C1=C(C)N=c2s/c(=C/c3ccc(Cl)cc3Cl)c(=O)n2[C@@H]1c1ccccc1OC(C)C. The molecule has 0 unspecified atom stereocenters. The third kappa shape index (κ3) is 5.83. The molecule has 0 bridgehead atoms. The van der Waals surface area contributed by atoms with Gasteiger partial charge >= 0.3 is 5.97 Å². The summed E-state index contributed by atoms with van der Waals surface area (Å²) in [7, 11) is 1.53. The highest BCUT2D eigenvalue weighted by Gasteiger charge is 2.35. The average Bonchev–Trinajstić information content (AvgIpc) is 3.14. The number of thiazole rings is 1. The fourth-order valence-electron chi connectivity index (χ4n) is 4.00. The summed E-state index contributed by atoms with van der Waals surface area (Å²) in [6.45, 7) is 5.89. The first-order valence-corrected chi connectivity index (χ1v) is 13.2. The number of hydrogen-bond donors (Lipinski definition) is 0. The number of halogens is 2. The first kappa shape index (κ1) is 27.1. The van der Waals surface area contributed by atoms with Gasteiger partial charge in [0.15, 0.2) is 4.80 Å². The summed E-state index contributed by atoms with van der Waals surface area (Å²) >= 11 is 13.6. The van der Waals surface area contributed by atoms with Gasteiger partial charge in [-0.3, -0.25) is 9.36 Å². The maximum Gasteiger partial charge on any atom is 0.338 e. The second-order valence-electron chi connectivity index (χ2n) is 8.58. The fourth-order valence-corrected chi connectivity index (χ4v) is 5.50. The third-order valence-corrected chi connectivity index (χ3v) is 7.13. The van der Waals surface area contributed by atoms with E-state index in [0.717, 1.165) is 0 Å². The maximum atomic E-state index is 13.8. The lowest BCUT2D eigenvalue weighted by Gasteiger charge is -2.27. The minimum Gasteiger partial charge on any atom is -0.491 e. The molecule has 0 fully saturated rings. The number of para-hydroxylation sites is 1. The van der Waals surface area contributed by atoms with Crippen LogP contribution in [0.1, 0.15) is 37.9 Å². The molecule has 0 spiro atoms. The lowest BCUT2D eigenvalue weighted by Crippen LogP contribution is -2.40. The summed E-state index contributed by atoms with van der Waals surface area (Å²) < 4.78 is 18.5. The summed E-state index contributed by atoms with van der Waals surface area (Å²) in [6.07, 6.45) is 1.58. The van der Waals surface area contributed by atoms with Crippen LogP contribution in [-0.4, -0.2) is 37.0 Å². The number of benzene rings is 2. The first-order chi connectivity index (χ1) is 17.7. The van der Waals surface area contributed by atoms with Crippen molar-refractivity contribution in [1.82, 2.24) is 4.57 Å². The molecule has 1 aliphatic rings. The smallest absolute Gasteiger partial charge is 0.338 e. The van der Waals surface area contributed by atoms with E-state index in [1.807, 2.05) is 38.1 Å². The van der Waals surface area contributed by atoms with E-state index in [2.05, 4.69) is 4.99 Å². The zero-order valence-electron chi connectivity index (χ0n) is 20.8. The molecule has 7 nitrogen and oxygen atoms in total. The zero-order valence-corrected chi connectivity index (χ0v) is 23.1. The summed E-state index contributed by atoms with van der Waals surface area (Å²) in [6, 6.07) is 11.6. The van der Waals surface area contributed by atoms with Gasteiger partial charge in [0.05, 0.1) is 28.5 Å². The van der Waals surface area contributed by atoms with Gasteiger partial charge in [-0.05, 0) is 50.6 Å². The average molecular weight is 561 g/mol. The van der Waals surface area contributed by atoms with Crippen LogP contribution in [0.15, 0.2) is 63.5 Å². The molecule has 37 heavy (non-hydrogen) atoms. The molecule has 2 aromatic carbocycles. The number of rotatable bonds is 8. The molecular weight excluding hydrogens is 535 g/mol. The molecule has 1 aliphatic heterocycles. The lowest BCUT2D eigenvalue weighted by atomic mass is 9.95. The van der Waals surface area contributed by atoms with Crippen LogP contribution in [0.3, 0.4) is 0 Å². The number of hydrogen-bond acceptors (Lipinski definition) is 7. The van der Waals surface area contributed by atoms with Crippen molar-refractivity contribution in [2.45, 2.75) is 32.9 Å². The Balaban J connectivity index is 1.94. The second-order valence-corrected chi connectivity index (χ2v) is 10.4. The van der Waals surface area contributed by atoms with Gasteiger partial charge in [0.25, 0.3) is 5.56 Å². The highest BCUT2D eigenvalue weighted by molar-refractivity contribution is 7.07. The van der Waals surface area contributed by atoms with Gasteiger partial charge in [0, 0.05) is 22.7 Å². The molecule has 0 amide bonds. The third-order valence-electron chi connectivity index (χ3n) is 5.59. The number of fused-ring (bicyclic) bond motifs is 1. The molecular formula is C27H26Cl2N2O5S. The van der Waals surface area contributed by atoms with Crippen molar-refractivity contribution in [3.63, 3.8) is 0 Å².